The average molecular weight is 167 g/mol. The van der Waals surface area contributed by atoms with Crippen molar-refractivity contribution in [1.29, 1.82) is 0 Å². The zero-order valence-electron chi connectivity index (χ0n) is 7.80. The Morgan fingerprint density at radius 2 is 2.50 bits per heavy atom. The van der Waals surface area contributed by atoms with Gasteiger partial charge in [-0.25, -0.2) is 4.98 Å². The lowest BCUT2D eigenvalue weighted by atomic mass is 10.2. The fraction of sp³-hybridized carbons (Fsp3) is 0.667. The fourth-order valence-corrected chi connectivity index (χ4v) is 1.20. The van der Waals surface area contributed by atoms with E-state index in [4.69, 9.17) is 0 Å². The molecule has 1 rings (SSSR count). The Bertz CT molecular complexity index is 194. The average Bonchev–Trinajstić information content (AvgIpc) is 2.53. The monoisotopic (exact) mass is 167 g/mol. The van der Waals surface area contributed by atoms with E-state index in [0.717, 1.165) is 12.4 Å². The Morgan fingerprint density at radius 3 is 3.08 bits per heavy atom. The number of nitrogens with zero attached hydrogens (tertiary/aromatic N) is 1. The molecule has 2 N–H and O–H groups in total. The molecular weight excluding hydrogens is 150 g/mol. The summed E-state index contributed by atoms with van der Waals surface area (Å²) < 4.78 is 0. The van der Waals surface area contributed by atoms with Gasteiger partial charge in [0.25, 0.3) is 0 Å². The van der Waals surface area contributed by atoms with Gasteiger partial charge in [0.1, 0.15) is 5.82 Å². The molecule has 0 aliphatic rings. The molecule has 0 saturated heterocycles. The van der Waals surface area contributed by atoms with Crippen LogP contribution in [0.2, 0.25) is 0 Å². The first kappa shape index (κ1) is 9.26. The summed E-state index contributed by atoms with van der Waals surface area (Å²) in [5.41, 5.74) is 0. The van der Waals surface area contributed by atoms with Crippen molar-refractivity contribution in [3.63, 3.8) is 0 Å². The lowest BCUT2D eigenvalue weighted by molar-refractivity contribution is 0.501. The predicted molar refractivity (Wildman–Crippen MR) is 49.8 cm³/mol. The molecule has 0 amide bonds. The minimum absolute atomic E-state index is 0.583. The van der Waals surface area contributed by atoms with Crippen LogP contribution in [0.5, 0.6) is 0 Å². The fourth-order valence-electron chi connectivity index (χ4n) is 1.20. The Kier molecular flexibility index (Phi) is 3.80. The molecule has 12 heavy (non-hydrogen) atoms. The van der Waals surface area contributed by atoms with Crippen molar-refractivity contribution in [3.05, 3.63) is 18.2 Å². The van der Waals surface area contributed by atoms with E-state index in [0.29, 0.717) is 6.04 Å². The van der Waals surface area contributed by atoms with Gasteiger partial charge in [-0.15, -0.1) is 0 Å². The zero-order valence-corrected chi connectivity index (χ0v) is 7.80. The summed E-state index contributed by atoms with van der Waals surface area (Å²) in [4.78, 5) is 7.19. The largest absolute Gasteiger partial charge is 0.348 e. The number of aromatic nitrogens is 2. The van der Waals surface area contributed by atoms with Crippen LogP contribution in [0.4, 0.5) is 0 Å². The first-order valence-electron chi connectivity index (χ1n) is 4.54. The molecule has 0 fully saturated rings. The Hall–Kier alpha value is -0.830. The van der Waals surface area contributed by atoms with E-state index < -0.39 is 0 Å². The molecule has 0 aliphatic heterocycles. The molecule has 1 heterocycles. The van der Waals surface area contributed by atoms with Crippen molar-refractivity contribution in [2.24, 2.45) is 0 Å². The van der Waals surface area contributed by atoms with Crippen molar-refractivity contribution < 1.29 is 0 Å². The number of hydrogen-bond acceptors (Lipinski definition) is 2. The predicted octanol–water partition coefficient (Wildman–Crippen LogP) is 1.69. The van der Waals surface area contributed by atoms with Crippen LogP contribution >= 0.6 is 0 Å². The van der Waals surface area contributed by atoms with Gasteiger partial charge in [-0.3, -0.25) is 0 Å². The number of rotatable bonds is 5. The lowest BCUT2D eigenvalue weighted by Gasteiger charge is -2.10. The third-order valence-electron chi connectivity index (χ3n) is 1.89. The van der Waals surface area contributed by atoms with Gasteiger partial charge in [0.05, 0.1) is 6.54 Å². The molecule has 0 unspecified atom stereocenters. The molecular formula is C9H17N3. The quantitative estimate of drug-likeness (QED) is 0.700. The molecule has 1 aromatic rings. The Balaban J connectivity index is 2.17. The maximum Gasteiger partial charge on any atom is 0.120 e. The molecule has 0 radical (unpaired) electrons. The number of aromatic amines is 1. The number of hydrogen-bond donors (Lipinski definition) is 2. The van der Waals surface area contributed by atoms with Crippen LogP contribution in [0.25, 0.3) is 0 Å². The third-order valence-corrected chi connectivity index (χ3v) is 1.89. The zero-order chi connectivity index (χ0) is 8.81. The molecule has 3 nitrogen and oxygen atoms in total. The normalized spacial score (nSPS) is 13.2. The van der Waals surface area contributed by atoms with Crippen molar-refractivity contribution in [2.75, 3.05) is 0 Å². The molecule has 68 valence electrons. The SMILES string of the molecule is CCC[C@H](C)NCc1ncc[nH]1. The van der Waals surface area contributed by atoms with Crippen LogP contribution in [0.1, 0.15) is 32.5 Å². The van der Waals surface area contributed by atoms with Gasteiger partial charge in [0, 0.05) is 18.4 Å². The summed E-state index contributed by atoms with van der Waals surface area (Å²) in [6.07, 6.45) is 6.08. The van der Waals surface area contributed by atoms with Crippen LogP contribution < -0.4 is 5.32 Å². The first-order chi connectivity index (χ1) is 5.83. The van der Waals surface area contributed by atoms with E-state index in [1.54, 1.807) is 6.20 Å². The maximum atomic E-state index is 4.13. The van der Waals surface area contributed by atoms with E-state index in [2.05, 4.69) is 29.1 Å². The summed E-state index contributed by atoms with van der Waals surface area (Å²) in [6, 6.07) is 0.583. The van der Waals surface area contributed by atoms with Gasteiger partial charge in [-0.1, -0.05) is 13.3 Å². The molecule has 0 aromatic carbocycles. The van der Waals surface area contributed by atoms with Gasteiger partial charge in [-0.2, -0.15) is 0 Å². The van der Waals surface area contributed by atoms with Gasteiger partial charge in [0.2, 0.25) is 0 Å². The molecule has 3 heteroatoms. The summed E-state index contributed by atoms with van der Waals surface area (Å²) in [7, 11) is 0. The second-order valence-corrected chi connectivity index (χ2v) is 3.11. The highest BCUT2D eigenvalue weighted by atomic mass is 15.0. The van der Waals surface area contributed by atoms with Crippen molar-refractivity contribution in [1.82, 2.24) is 15.3 Å². The van der Waals surface area contributed by atoms with E-state index >= 15 is 0 Å². The topological polar surface area (TPSA) is 40.7 Å². The molecule has 0 spiro atoms. The van der Waals surface area contributed by atoms with Crippen LogP contribution in [-0.4, -0.2) is 16.0 Å². The smallest absolute Gasteiger partial charge is 0.120 e. The highest BCUT2D eigenvalue weighted by Crippen LogP contribution is 1.96. The lowest BCUT2D eigenvalue weighted by Crippen LogP contribution is -2.25. The second-order valence-electron chi connectivity index (χ2n) is 3.11. The molecule has 1 atom stereocenters. The Morgan fingerprint density at radius 1 is 1.67 bits per heavy atom. The van der Waals surface area contributed by atoms with Crippen LogP contribution in [0.15, 0.2) is 12.4 Å². The maximum absolute atomic E-state index is 4.13. The highest BCUT2D eigenvalue weighted by Gasteiger charge is 1.99. The van der Waals surface area contributed by atoms with Gasteiger partial charge in [-0.05, 0) is 13.3 Å². The van der Waals surface area contributed by atoms with Crippen LogP contribution in [0.3, 0.4) is 0 Å². The molecule has 0 bridgehead atoms. The first-order valence-corrected chi connectivity index (χ1v) is 4.54. The molecule has 1 aromatic heterocycles. The highest BCUT2D eigenvalue weighted by molar-refractivity contribution is 4.86. The summed E-state index contributed by atoms with van der Waals surface area (Å²) in [6.45, 7) is 5.24. The third kappa shape index (κ3) is 3.05. The van der Waals surface area contributed by atoms with Crippen molar-refractivity contribution in [2.45, 2.75) is 39.3 Å². The van der Waals surface area contributed by atoms with Gasteiger partial charge < -0.3 is 10.3 Å². The van der Waals surface area contributed by atoms with E-state index in [1.165, 1.54) is 12.8 Å². The van der Waals surface area contributed by atoms with Crippen LogP contribution in [0, 0.1) is 0 Å². The second kappa shape index (κ2) is 4.93. The van der Waals surface area contributed by atoms with Crippen molar-refractivity contribution >= 4 is 0 Å². The Labute approximate surface area is 73.6 Å². The van der Waals surface area contributed by atoms with Crippen molar-refractivity contribution in [3.8, 4) is 0 Å². The number of imidazole rings is 1. The number of H-pyrrole nitrogens is 1. The standard InChI is InChI=1S/C9H17N3/c1-3-4-8(2)12-7-9-10-5-6-11-9/h5-6,8,12H,3-4,7H2,1-2H3,(H,10,11)/t8-/m0/s1. The van der Waals surface area contributed by atoms with E-state index in [9.17, 15) is 0 Å². The summed E-state index contributed by atoms with van der Waals surface area (Å²) >= 11 is 0. The van der Waals surface area contributed by atoms with E-state index in [-0.39, 0.29) is 0 Å². The minimum atomic E-state index is 0.583. The van der Waals surface area contributed by atoms with E-state index in [1.807, 2.05) is 6.20 Å². The summed E-state index contributed by atoms with van der Waals surface area (Å²) in [5.74, 6) is 1.01. The molecule has 0 aliphatic carbocycles. The van der Waals surface area contributed by atoms with Gasteiger partial charge in [0.15, 0.2) is 0 Å². The molecule has 0 saturated carbocycles. The van der Waals surface area contributed by atoms with Crippen LogP contribution in [-0.2, 0) is 6.54 Å². The summed E-state index contributed by atoms with van der Waals surface area (Å²) in [5, 5.41) is 3.39. The minimum Gasteiger partial charge on any atom is -0.348 e. The van der Waals surface area contributed by atoms with Gasteiger partial charge >= 0.3 is 0 Å². The number of nitrogens with one attached hydrogen (secondary N) is 2.